The fourth-order valence-electron chi connectivity index (χ4n) is 3.02. The number of nitrogens with one attached hydrogen (secondary N) is 1. The minimum Gasteiger partial charge on any atom is -0.508 e. The number of hydrogen-bond acceptors (Lipinski definition) is 6. The van der Waals surface area contributed by atoms with Crippen LogP contribution in [-0.4, -0.2) is 37.8 Å². The molecular weight excluding hydrogens is 395 g/mol. The highest BCUT2D eigenvalue weighted by atomic mass is 32.1. The molecule has 0 bridgehead atoms. The number of phenolic OH excluding ortho intramolecular Hbond substituents is 1. The van der Waals surface area contributed by atoms with Crippen LogP contribution in [0.15, 0.2) is 24.3 Å². The molecule has 0 aliphatic heterocycles. The highest BCUT2D eigenvalue weighted by molar-refractivity contribution is 7.05. The zero-order chi connectivity index (χ0) is 20.7. The smallest absolute Gasteiger partial charge is 0.490 e. The van der Waals surface area contributed by atoms with Gasteiger partial charge in [-0.25, -0.2) is 9.78 Å². The van der Waals surface area contributed by atoms with Gasteiger partial charge in [-0.05, 0) is 67.8 Å². The van der Waals surface area contributed by atoms with Crippen LogP contribution in [0.25, 0.3) is 0 Å². The van der Waals surface area contributed by atoms with Gasteiger partial charge in [0.15, 0.2) is 0 Å². The minimum absolute atomic E-state index is 0.349. The number of hydrogen-bond donors (Lipinski definition) is 3. The maximum Gasteiger partial charge on any atom is 0.490 e. The molecule has 0 atom stereocenters. The van der Waals surface area contributed by atoms with Crippen LogP contribution >= 0.6 is 11.5 Å². The molecule has 2 aromatic rings. The van der Waals surface area contributed by atoms with Gasteiger partial charge >= 0.3 is 12.1 Å². The molecule has 154 valence electrons. The average Bonchev–Trinajstić information content (AvgIpc) is 3.06. The summed E-state index contributed by atoms with van der Waals surface area (Å²) in [5, 5.41) is 21.2. The molecular formula is C18H22F3N3O3S. The van der Waals surface area contributed by atoms with Crippen LogP contribution in [0.1, 0.15) is 48.0 Å². The molecule has 1 saturated carbocycles. The van der Waals surface area contributed by atoms with E-state index in [0.717, 1.165) is 17.4 Å². The van der Waals surface area contributed by atoms with Gasteiger partial charge in [-0.15, -0.1) is 0 Å². The third-order valence-electron chi connectivity index (χ3n) is 4.45. The molecule has 1 aromatic carbocycles. The van der Waals surface area contributed by atoms with Gasteiger partial charge in [-0.2, -0.15) is 17.5 Å². The fourth-order valence-corrected chi connectivity index (χ4v) is 3.62. The first-order valence-corrected chi connectivity index (χ1v) is 9.54. The van der Waals surface area contributed by atoms with Gasteiger partial charge in [-0.3, -0.25) is 0 Å². The number of alkyl halides is 3. The number of carboxylic acid groups (broad SMARTS) is 1. The van der Waals surface area contributed by atoms with Crippen LogP contribution in [0.4, 0.5) is 13.2 Å². The molecule has 28 heavy (non-hydrogen) atoms. The van der Waals surface area contributed by atoms with E-state index in [1.807, 2.05) is 6.92 Å². The number of carbonyl (C=O) groups is 1. The molecule has 1 heterocycles. The molecule has 0 spiro atoms. The van der Waals surface area contributed by atoms with E-state index in [2.05, 4.69) is 26.8 Å². The van der Waals surface area contributed by atoms with Gasteiger partial charge in [-0.1, -0.05) is 12.1 Å². The lowest BCUT2D eigenvalue weighted by molar-refractivity contribution is -0.192. The predicted octanol–water partition coefficient (Wildman–Crippen LogP) is 4.00. The molecule has 3 N–H and O–H groups in total. The summed E-state index contributed by atoms with van der Waals surface area (Å²) in [6.45, 7) is 2.77. The maximum absolute atomic E-state index is 10.6. The standard InChI is InChI=1S/C16H21N3OS.C2HF3O2/c1-11-18-16(21-19-11)10-17-14-6-2-12(3-7-14)13-4-8-15(20)9-5-13;3-2(4,5)1(6)7/h4-5,8-9,12,14,17,20H,2-3,6-7,10H2,1H3;(H,6,7). The topological polar surface area (TPSA) is 95.3 Å². The number of aryl methyl sites for hydroxylation is 1. The Kier molecular flexibility index (Phi) is 7.76. The Labute approximate surface area is 164 Å². The molecule has 0 unspecified atom stereocenters. The minimum atomic E-state index is -5.08. The van der Waals surface area contributed by atoms with E-state index in [4.69, 9.17) is 9.90 Å². The summed E-state index contributed by atoms with van der Waals surface area (Å²) in [6, 6.07) is 8.27. The van der Waals surface area contributed by atoms with Crippen LogP contribution < -0.4 is 5.32 Å². The van der Waals surface area contributed by atoms with E-state index < -0.39 is 12.1 Å². The summed E-state index contributed by atoms with van der Waals surface area (Å²) in [7, 11) is 0. The molecule has 1 aliphatic rings. The fraction of sp³-hybridized carbons (Fsp3) is 0.500. The number of phenols is 1. The van der Waals surface area contributed by atoms with Gasteiger partial charge < -0.3 is 15.5 Å². The predicted molar refractivity (Wildman–Crippen MR) is 98.3 cm³/mol. The number of aromatic hydroxyl groups is 1. The molecule has 6 nitrogen and oxygen atoms in total. The van der Waals surface area contributed by atoms with Crippen LogP contribution in [0.3, 0.4) is 0 Å². The van der Waals surface area contributed by atoms with E-state index in [0.29, 0.717) is 17.7 Å². The van der Waals surface area contributed by atoms with Crippen molar-refractivity contribution in [2.24, 2.45) is 0 Å². The number of carboxylic acids is 1. The third kappa shape index (κ3) is 7.08. The number of nitrogens with zero attached hydrogens (tertiary/aromatic N) is 2. The van der Waals surface area contributed by atoms with Crippen LogP contribution in [0.2, 0.25) is 0 Å². The van der Waals surface area contributed by atoms with Crippen molar-refractivity contribution in [2.45, 2.75) is 57.3 Å². The van der Waals surface area contributed by atoms with Crippen molar-refractivity contribution in [1.29, 1.82) is 0 Å². The quantitative estimate of drug-likeness (QED) is 0.696. The van der Waals surface area contributed by atoms with Crippen molar-refractivity contribution >= 4 is 17.5 Å². The van der Waals surface area contributed by atoms with E-state index in [1.165, 1.54) is 42.8 Å². The molecule has 10 heteroatoms. The zero-order valence-electron chi connectivity index (χ0n) is 15.2. The van der Waals surface area contributed by atoms with Gasteiger partial charge in [0.2, 0.25) is 0 Å². The Bertz CT molecular complexity index is 757. The van der Waals surface area contributed by atoms with E-state index in [9.17, 15) is 18.3 Å². The normalized spacial score (nSPS) is 19.6. The largest absolute Gasteiger partial charge is 0.508 e. The van der Waals surface area contributed by atoms with Crippen molar-refractivity contribution in [1.82, 2.24) is 14.7 Å². The Hall–Kier alpha value is -2.20. The number of halogens is 3. The SMILES string of the molecule is Cc1nsc(CNC2CCC(c3ccc(O)cc3)CC2)n1.O=C(O)C(F)(F)F. The summed E-state index contributed by atoms with van der Waals surface area (Å²) in [4.78, 5) is 13.3. The first-order chi connectivity index (χ1) is 13.1. The number of aliphatic carboxylic acids is 1. The first-order valence-electron chi connectivity index (χ1n) is 8.76. The van der Waals surface area contributed by atoms with Gasteiger partial charge in [0.25, 0.3) is 0 Å². The zero-order valence-corrected chi connectivity index (χ0v) is 16.1. The number of rotatable bonds is 4. The lowest BCUT2D eigenvalue weighted by Crippen LogP contribution is -2.32. The van der Waals surface area contributed by atoms with E-state index >= 15 is 0 Å². The van der Waals surface area contributed by atoms with E-state index in [1.54, 1.807) is 12.1 Å². The summed E-state index contributed by atoms with van der Waals surface area (Å²) in [5.74, 6) is -0.908. The highest BCUT2D eigenvalue weighted by Gasteiger charge is 2.38. The summed E-state index contributed by atoms with van der Waals surface area (Å²) < 4.78 is 35.9. The molecule has 1 aliphatic carbocycles. The highest BCUT2D eigenvalue weighted by Crippen LogP contribution is 2.33. The summed E-state index contributed by atoms with van der Waals surface area (Å²) in [6.07, 6.45) is -0.276. The molecule has 0 radical (unpaired) electrons. The third-order valence-corrected chi connectivity index (χ3v) is 5.25. The molecule has 0 saturated heterocycles. The van der Waals surface area contributed by atoms with Crippen molar-refractivity contribution in [2.75, 3.05) is 0 Å². The molecule has 1 aromatic heterocycles. The number of aromatic nitrogens is 2. The van der Waals surface area contributed by atoms with Crippen LogP contribution in [-0.2, 0) is 11.3 Å². The van der Waals surface area contributed by atoms with Crippen LogP contribution in [0, 0.1) is 6.92 Å². The first kappa shape index (κ1) is 22.1. The van der Waals surface area contributed by atoms with Gasteiger partial charge in [0.05, 0.1) is 0 Å². The second-order valence-corrected chi connectivity index (χ2v) is 7.40. The lowest BCUT2D eigenvalue weighted by Gasteiger charge is -2.29. The second kappa shape index (κ2) is 9.83. The Morgan fingerprint density at radius 2 is 1.79 bits per heavy atom. The average molecular weight is 417 g/mol. The van der Waals surface area contributed by atoms with Crippen LogP contribution in [0.5, 0.6) is 5.75 Å². The number of benzene rings is 1. The monoisotopic (exact) mass is 417 g/mol. The Morgan fingerprint density at radius 3 is 2.25 bits per heavy atom. The Morgan fingerprint density at radius 1 is 1.21 bits per heavy atom. The molecule has 3 rings (SSSR count). The lowest BCUT2D eigenvalue weighted by atomic mass is 9.82. The maximum atomic E-state index is 10.6. The van der Waals surface area contributed by atoms with Crippen molar-refractivity contribution < 1.29 is 28.2 Å². The van der Waals surface area contributed by atoms with Crippen molar-refractivity contribution in [3.8, 4) is 5.75 Å². The second-order valence-electron chi connectivity index (χ2n) is 6.56. The van der Waals surface area contributed by atoms with Crippen molar-refractivity contribution in [3.05, 3.63) is 40.7 Å². The molecule has 0 amide bonds. The van der Waals surface area contributed by atoms with Gasteiger partial charge in [0.1, 0.15) is 16.6 Å². The van der Waals surface area contributed by atoms with Gasteiger partial charge in [0, 0.05) is 12.6 Å². The van der Waals surface area contributed by atoms with Crippen molar-refractivity contribution in [3.63, 3.8) is 0 Å². The summed E-state index contributed by atoms with van der Waals surface area (Å²) in [5.41, 5.74) is 1.35. The van der Waals surface area contributed by atoms with E-state index in [-0.39, 0.29) is 0 Å². The molecule has 1 fully saturated rings. The Balaban J connectivity index is 0.000000345. The summed E-state index contributed by atoms with van der Waals surface area (Å²) >= 11 is 1.49.